The first-order valence-electron chi connectivity index (χ1n) is 5.53. The SMILES string of the molecule is CCC(Sc1ccccn1)c1ccccc1. The van der Waals surface area contributed by atoms with Crippen LogP contribution in [0.5, 0.6) is 0 Å². The Balaban J connectivity index is 2.13. The molecule has 0 aliphatic rings. The predicted molar refractivity (Wildman–Crippen MR) is 69.6 cm³/mol. The topological polar surface area (TPSA) is 12.9 Å². The van der Waals surface area contributed by atoms with Crippen LogP contribution in [0.25, 0.3) is 0 Å². The fraction of sp³-hybridized carbons (Fsp3) is 0.214. The summed E-state index contributed by atoms with van der Waals surface area (Å²) < 4.78 is 0. The van der Waals surface area contributed by atoms with Crippen molar-refractivity contribution < 1.29 is 0 Å². The Morgan fingerprint density at radius 1 is 1.06 bits per heavy atom. The van der Waals surface area contributed by atoms with E-state index in [0.29, 0.717) is 5.25 Å². The van der Waals surface area contributed by atoms with Crippen molar-refractivity contribution in [2.24, 2.45) is 0 Å². The van der Waals surface area contributed by atoms with Crippen molar-refractivity contribution in [1.82, 2.24) is 4.98 Å². The fourth-order valence-corrected chi connectivity index (χ4v) is 2.65. The molecule has 82 valence electrons. The van der Waals surface area contributed by atoms with Crippen molar-refractivity contribution in [3.8, 4) is 0 Å². The van der Waals surface area contributed by atoms with Gasteiger partial charge in [0.05, 0.1) is 5.03 Å². The van der Waals surface area contributed by atoms with Crippen molar-refractivity contribution in [1.29, 1.82) is 0 Å². The lowest BCUT2D eigenvalue weighted by molar-refractivity contribution is 0.890. The first-order valence-corrected chi connectivity index (χ1v) is 6.40. The summed E-state index contributed by atoms with van der Waals surface area (Å²) in [5, 5.41) is 1.59. The van der Waals surface area contributed by atoms with Crippen LogP contribution in [0, 0.1) is 0 Å². The second-order valence-corrected chi connectivity index (χ2v) is 4.82. The van der Waals surface area contributed by atoms with Gasteiger partial charge in [-0.2, -0.15) is 0 Å². The summed E-state index contributed by atoms with van der Waals surface area (Å²) in [6, 6.07) is 16.7. The molecular weight excluding hydrogens is 214 g/mol. The number of nitrogens with zero attached hydrogens (tertiary/aromatic N) is 1. The highest BCUT2D eigenvalue weighted by Crippen LogP contribution is 2.36. The van der Waals surface area contributed by atoms with E-state index < -0.39 is 0 Å². The molecule has 1 heterocycles. The van der Waals surface area contributed by atoms with Crippen LogP contribution in [0.4, 0.5) is 0 Å². The largest absolute Gasteiger partial charge is 0.250 e. The van der Waals surface area contributed by atoms with E-state index in [-0.39, 0.29) is 0 Å². The van der Waals surface area contributed by atoms with Crippen LogP contribution in [0.1, 0.15) is 24.2 Å². The van der Waals surface area contributed by atoms with E-state index in [1.54, 1.807) is 0 Å². The Morgan fingerprint density at radius 2 is 1.81 bits per heavy atom. The van der Waals surface area contributed by atoms with Gasteiger partial charge in [0.15, 0.2) is 0 Å². The zero-order valence-corrected chi connectivity index (χ0v) is 10.2. The summed E-state index contributed by atoms with van der Waals surface area (Å²) in [5.74, 6) is 0. The molecule has 0 fully saturated rings. The Hall–Kier alpha value is -1.28. The van der Waals surface area contributed by atoms with Gasteiger partial charge in [0.25, 0.3) is 0 Å². The lowest BCUT2D eigenvalue weighted by atomic mass is 10.1. The molecule has 0 N–H and O–H groups in total. The van der Waals surface area contributed by atoms with Crippen LogP contribution in [0.3, 0.4) is 0 Å². The number of hydrogen-bond acceptors (Lipinski definition) is 2. The monoisotopic (exact) mass is 229 g/mol. The highest BCUT2D eigenvalue weighted by Gasteiger charge is 2.10. The zero-order valence-electron chi connectivity index (χ0n) is 9.34. The minimum Gasteiger partial charge on any atom is -0.250 e. The highest BCUT2D eigenvalue weighted by atomic mass is 32.2. The molecule has 0 saturated heterocycles. The minimum absolute atomic E-state index is 0.496. The third kappa shape index (κ3) is 2.86. The summed E-state index contributed by atoms with van der Waals surface area (Å²) in [6.45, 7) is 2.22. The van der Waals surface area contributed by atoms with Gasteiger partial charge < -0.3 is 0 Å². The van der Waals surface area contributed by atoms with E-state index in [2.05, 4.69) is 48.3 Å². The second-order valence-electron chi connectivity index (χ2n) is 3.59. The molecule has 0 saturated carbocycles. The van der Waals surface area contributed by atoms with Gasteiger partial charge in [-0.15, -0.1) is 0 Å². The quantitative estimate of drug-likeness (QED) is 0.724. The van der Waals surface area contributed by atoms with E-state index in [1.165, 1.54) is 5.56 Å². The Labute approximate surface area is 101 Å². The third-order valence-electron chi connectivity index (χ3n) is 2.44. The van der Waals surface area contributed by atoms with Gasteiger partial charge in [-0.05, 0) is 24.1 Å². The third-order valence-corrected chi connectivity index (χ3v) is 3.82. The maximum atomic E-state index is 4.35. The molecule has 2 heteroatoms. The molecule has 1 nitrogen and oxygen atoms in total. The lowest BCUT2D eigenvalue weighted by Crippen LogP contribution is -1.92. The molecule has 16 heavy (non-hydrogen) atoms. The van der Waals surface area contributed by atoms with E-state index in [1.807, 2.05) is 30.1 Å². The molecule has 0 bridgehead atoms. The molecule has 1 aromatic heterocycles. The van der Waals surface area contributed by atoms with Crippen molar-refractivity contribution in [2.75, 3.05) is 0 Å². The van der Waals surface area contributed by atoms with E-state index >= 15 is 0 Å². The lowest BCUT2D eigenvalue weighted by Gasteiger charge is -2.13. The Morgan fingerprint density at radius 3 is 2.44 bits per heavy atom. The van der Waals surface area contributed by atoms with Crippen molar-refractivity contribution in [3.05, 3.63) is 60.3 Å². The van der Waals surface area contributed by atoms with Crippen LogP contribution < -0.4 is 0 Å². The average Bonchev–Trinajstić information content (AvgIpc) is 2.38. The van der Waals surface area contributed by atoms with Crippen molar-refractivity contribution in [3.63, 3.8) is 0 Å². The standard InChI is InChI=1S/C14H15NS/c1-2-13(12-8-4-3-5-9-12)16-14-10-6-7-11-15-14/h3-11,13H,2H2,1H3. The minimum atomic E-state index is 0.496. The normalized spacial score (nSPS) is 12.3. The van der Waals surface area contributed by atoms with E-state index in [9.17, 15) is 0 Å². The Bertz CT molecular complexity index is 413. The molecule has 2 aromatic rings. The van der Waals surface area contributed by atoms with Crippen LogP contribution in [0.15, 0.2) is 59.8 Å². The summed E-state index contributed by atoms with van der Waals surface area (Å²) in [6.07, 6.45) is 2.96. The number of benzene rings is 1. The van der Waals surface area contributed by atoms with Gasteiger partial charge in [0.2, 0.25) is 0 Å². The molecule has 1 aromatic carbocycles. The van der Waals surface area contributed by atoms with Gasteiger partial charge in [0, 0.05) is 11.4 Å². The van der Waals surface area contributed by atoms with Gasteiger partial charge >= 0.3 is 0 Å². The van der Waals surface area contributed by atoms with Gasteiger partial charge in [-0.1, -0.05) is 55.1 Å². The van der Waals surface area contributed by atoms with Crippen LogP contribution in [-0.2, 0) is 0 Å². The number of thioether (sulfide) groups is 1. The molecule has 0 spiro atoms. The van der Waals surface area contributed by atoms with Crippen molar-refractivity contribution >= 4 is 11.8 Å². The Kier molecular flexibility index (Phi) is 4.00. The molecule has 0 aliphatic carbocycles. The highest BCUT2D eigenvalue weighted by molar-refractivity contribution is 7.99. The number of aromatic nitrogens is 1. The van der Waals surface area contributed by atoms with Crippen LogP contribution in [-0.4, -0.2) is 4.98 Å². The summed E-state index contributed by atoms with van der Waals surface area (Å²) >= 11 is 1.83. The molecule has 1 unspecified atom stereocenters. The maximum Gasteiger partial charge on any atom is 0.0965 e. The van der Waals surface area contributed by atoms with E-state index in [0.717, 1.165) is 11.4 Å². The molecular formula is C14H15NS. The zero-order chi connectivity index (χ0) is 11.2. The molecule has 0 amide bonds. The van der Waals surface area contributed by atoms with Gasteiger partial charge in [-0.25, -0.2) is 4.98 Å². The summed E-state index contributed by atoms with van der Waals surface area (Å²) in [4.78, 5) is 4.35. The summed E-state index contributed by atoms with van der Waals surface area (Å²) in [7, 11) is 0. The van der Waals surface area contributed by atoms with E-state index in [4.69, 9.17) is 0 Å². The summed E-state index contributed by atoms with van der Waals surface area (Å²) in [5.41, 5.74) is 1.38. The molecule has 0 radical (unpaired) electrons. The first-order chi connectivity index (χ1) is 7.90. The predicted octanol–water partition coefficient (Wildman–Crippen LogP) is 4.33. The molecule has 0 aliphatic heterocycles. The van der Waals surface area contributed by atoms with Gasteiger partial charge in [0.1, 0.15) is 0 Å². The smallest absolute Gasteiger partial charge is 0.0965 e. The molecule has 2 rings (SSSR count). The van der Waals surface area contributed by atoms with Crippen LogP contribution in [0.2, 0.25) is 0 Å². The first kappa shape index (κ1) is 11.2. The number of hydrogen-bond donors (Lipinski definition) is 0. The molecule has 1 atom stereocenters. The fourth-order valence-electron chi connectivity index (χ4n) is 1.62. The number of rotatable bonds is 4. The van der Waals surface area contributed by atoms with Crippen LogP contribution >= 0.6 is 11.8 Å². The van der Waals surface area contributed by atoms with Gasteiger partial charge in [-0.3, -0.25) is 0 Å². The number of pyridine rings is 1. The average molecular weight is 229 g/mol. The maximum absolute atomic E-state index is 4.35. The second kappa shape index (κ2) is 5.71. The van der Waals surface area contributed by atoms with Crippen molar-refractivity contribution in [2.45, 2.75) is 23.6 Å².